The summed E-state index contributed by atoms with van der Waals surface area (Å²) in [5.41, 5.74) is 1.38. The van der Waals surface area contributed by atoms with E-state index in [0.29, 0.717) is 13.0 Å². The van der Waals surface area contributed by atoms with Crippen molar-refractivity contribution in [1.82, 2.24) is 4.90 Å². The van der Waals surface area contributed by atoms with Gasteiger partial charge in [-0.25, -0.2) is 4.79 Å². The van der Waals surface area contributed by atoms with E-state index in [1.165, 1.54) is 4.90 Å². The molecule has 0 unspecified atom stereocenters. The molecule has 1 amide bonds. The number of benzene rings is 2. The molecule has 2 rings (SSSR count). The highest BCUT2D eigenvalue weighted by atomic mass is 16.6. The Morgan fingerprint density at radius 2 is 1.44 bits per heavy atom. The highest BCUT2D eigenvalue weighted by molar-refractivity contribution is 5.78. The molecular weight excluding hydrogens is 342 g/mol. The predicted molar refractivity (Wildman–Crippen MR) is 104 cm³/mol. The second-order valence-corrected chi connectivity index (χ2v) is 7.28. The summed E-state index contributed by atoms with van der Waals surface area (Å²) in [5.74, 6) is -0.452. The van der Waals surface area contributed by atoms with Crippen LogP contribution in [0.5, 0.6) is 0 Å². The van der Waals surface area contributed by atoms with Gasteiger partial charge in [-0.05, 0) is 38.3 Å². The van der Waals surface area contributed by atoms with E-state index in [4.69, 9.17) is 9.47 Å². The van der Waals surface area contributed by atoms with Gasteiger partial charge in [-0.3, -0.25) is 9.69 Å². The topological polar surface area (TPSA) is 55.8 Å². The standard InChI is InChI=1S/C22H27NO4/c1-22(2,3)27-20(24)16-23(15-14-18-10-6-4-7-11-18)21(25)26-17-19-12-8-5-9-13-19/h4-13H,14-17H2,1-3H3. The number of ether oxygens (including phenoxy) is 2. The van der Waals surface area contributed by atoms with Gasteiger partial charge >= 0.3 is 12.1 Å². The first-order valence-electron chi connectivity index (χ1n) is 9.05. The average Bonchev–Trinajstić information content (AvgIpc) is 2.63. The number of hydrogen-bond donors (Lipinski definition) is 0. The molecule has 5 heteroatoms. The first-order valence-corrected chi connectivity index (χ1v) is 9.05. The summed E-state index contributed by atoms with van der Waals surface area (Å²) in [6, 6.07) is 19.2. The van der Waals surface area contributed by atoms with Crippen LogP contribution in [0, 0.1) is 0 Å². The van der Waals surface area contributed by atoms with Crippen molar-refractivity contribution in [2.75, 3.05) is 13.1 Å². The number of esters is 1. The fourth-order valence-electron chi connectivity index (χ4n) is 2.48. The lowest BCUT2D eigenvalue weighted by Gasteiger charge is -2.25. The normalized spacial score (nSPS) is 10.9. The van der Waals surface area contributed by atoms with Crippen LogP contribution in [0.1, 0.15) is 31.9 Å². The van der Waals surface area contributed by atoms with E-state index < -0.39 is 17.7 Å². The quantitative estimate of drug-likeness (QED) is 0.686. The van der Waals surface area contributed by atoms with Crippen molar-refractivity contribution in [2.24, 2.45) is 0 Å². The first kappa shape index (κ1) is 20.5. The molecule has 0 bridgehead atoms. The van der Waals surface area contributed by atoms with Crippen LogP contribution in [-0.2, 0) is 27.3 Å². The van der Waals surface area contributed by atoms with Gasteiger partial charge in [-0.1, -0.05) is 60.7 Å². The zero-order chi connectivity index (χ0) is 19.7. The Kier molecular flexibility index (Phi) is 7.41. The third-order valence-electron chi connectivity index (χ3n) is 3.72. The van der Waals surface area contributed by atoms with Gasteiger partial charge in [0, 0.05) is 6.54 Å². The molecule has 0 atom stereocenters. The number of hydrogen-bond acceptors (Lipinski definition) is 4. The molecule has 0 aliphatic heterocycles. The Morgan fingerprint density at radius 3 is 2.00 bits per heavy atom. The average molecular weight is 369 g/mol. The first-order chi connectivity index (χ1) is 12.8. The molecule has 2 aromatic carbocycles. The van der Waals surface area contributed by atoms with Crippen LogP contribution < -0.4 is 0 Å². The number of carbonyl (C=O) groups is 2. The molecular formula is C22H27NO4. The van der Waals surface area contributed by atoms with Crippen molar-refractivity contribution >= 4 is 12.1 Å². The number of carbonyl (C=O) groups excluding carboxylic acids is 2. The van der Waals surface area contributed by atoms with Crippen LogP contribution in [-0.4, -0.2) is 35.7 Å². The summed E-state index contributed by atoms with van der Waals surface area (Å²) in [7, 11) is 0. The minimum atomic E-state index is -0.601. The minimum Gasteiger partial charge on any atom is -0.459 e. The van der Waals surface area contributed by atoms with E-state index in [9.17, 15) is 9.59 Å². The lowest BCUT2D eigenvalue weighted by molar-refractivity contribution is -0.155. The number of nitrogens with zero attached hydrogens (tertiary/aromatic N) is 1. The molecule has 0 radical (unpaired) electrons. The zero-order valence-electron chi connectivity index (χ0n) is 16.2. The van der Waals surface area contributed by atoms with Crippen molar-refractivity contribution < 1.29 is 19.1 Å². The number of rotatable bonds is 7. The number of amides is 1. The molecule has 0 heterocycles. The summed E-state index contributed by atoms with van der Waals surface area (Å²) in [5, 5.41) is 0. The molecule has 0 fully saturated rings. The smallest absolute Gasteiger partial charge is 0.410 e. The third kappa shape index (κ3) is 7.94. The Hall–Kier alpha value is -2.82. The fraction of sp³-hybridized carbons (Fsp3) is 0.364. The molecule has 0 spiro atoms. The lowest BCUT2D eigenvalue weighted by atomic mass is 10.1. The van der Waals surface area contributed by atoms with Crippen LogP contribution in [0.25, 0.3) is 0 Å². The molecule has 0 aliphatic carbocycles. The van der Waals surface area contributed by atoms with E-state index in [-0.39, 0.29) is 13.2 Å². The van der Waals surface area contributed by atoms with Gasteiger partial charge in [-0.15, -0.1) is 0 Å². The maximum absolute atomic E-state index is 12.5. The van der Waals surface area contributed by atoms with E-state index in [1.807, 2.05) is 60.7 Å². The molecule has 0 saturated heterocycles. The fourth-order valence-corrected chi connectivity index (χ4v) is 2.48. The minimum absolute atomic E-state index is 0.141. The van der Waals surface area contributed by atoms with Gasteiger partial charge in [0.25, 0.3) is 0 Å². The van der Waals surface area contributed by atoms with Gasteiger partial charge in [0.1, 0.15) is 18.8 Å². The Labute approximate surface area is 160 Å². The molecule has 5 nitrogen and oxygen atoms in total. The van der Waals surface area contributed by atoms with Crippen LogP contribution in [0.4, 0.5) is 4.79 Å². The van der Waals surface area contributed by atoms with Gasteiger partial charge in [0.15, 0.2) is 0 Å². The van der Waals surface area contributed by atoms with Crippen molar-refractivity contribution in [3.63, 3.8) is 0 Å². The Morgan fingerprint density at radius 1 is 0.889 bits per heavy atom. The van der Waals surface area contributed by atoms with Crippen LogP contribution >= 0.6 is 0 Å². The van der Waals surface area contributed by atoms with E-state index >= 15 is 0 Å². The third-order valence-corrected chi connectivity index (χ3v) is 3.72. The Balaban J connectivity index is 1.98. The van der Waals surface area contributed by atoms with E-state index in [1.54, 1.807) is 20.8 Å². The molecule has 0 aliphatic rings. The summed E-state index contributed by atoms with van der Waals surface area (Å²) < 4.78 is 10.7. The molecule has 27 heavy (non-hydrogen) atoms. The molecule has 144 valence electrons. The second-order valence-electron chi connectivity index (χ2n) is 7.28. The van der Waals surface area contributed by atoms with Crippen molar-refractivity contribution in [3.05, 3.63) is 71.8 Å². The second kappa shape index (κ2) is 9.76. The SMILES string of the molecule is CC(C)(C)OC(=O)CN(CCc1ccccc1)C(=O)OCc1ccccc1. The molecule has 0 N–H and O–H groups in total. The van der Waals surface area contributed by atoms with Crippen molar-refractivity contribution in [3.8, 4) is 0 Å². The maximum Gasteiger partial charge on any atom is 0.410 e. The lowest BCUT2D eigenvalue weighted by Crippen LogP contribution is -2.40. The van der Waals surface area contributed by atoms with Gasteiger partial charge in [0.2, 0.25) is 0 Å². The Bertz CT molecular complexity index is 723. The predicted octanol–water partition coefficient (Wildman–Crippen LogP) is 4.21. The molecule has 0 aromatic heterocycles. The highest BCUT2D eigenvalue weighted by Crippen LogP contribution is 2.10. The van der Waals surface area contributed by atoms with E-state index in [0.717, 1.165) is 11.1 Å². The van der Waals surface area contributed by atoms with Crippen molar-refractivity contribution in [2.45, 2.75) is 39.4 Å². The maximum atomic E-state index is 12.5. The highest BCUT2D eigenvalue weighted by Gasteiger charge is 2.23. The van der Waals surface area contributed by atoms with Gasteiger partial charge in [0.05, 0.1) is 0 Å². The zero-order valence-corrected chi connectivity index (χ0v) is 16.2. The van der Waals surface area contributed by atoms with Gasteiger partial charge < -0.3 is 9.47 Å². The molecule has 2 aromatic rings. The summed E-state index contributed by atoms with van der Waals surface area (Å²) in [6.07, 6.45) is 0.102. The van der Waals surface area contributed by atoms with Crippen LogP contribution in [0.2, 0.25) is 0 Å². The summed E-state index contributed by atoms with van der Waals surface area (Å²) in [6.45, 7) is 5.79. The van der Waals surface area contributed by atoms with Gasteiger partial charge in [-0.2, -0.15) is 0 Å². The van der Waals surface area contributed by atoms with Crippen LogP contribution in [0.3, 0.4) is 0 Å². The van der Waals surface area contributed by atoms with Crippen LogP contribution in [0.15, 0.2) is 60.7 Å². The molecule has 0 saturated carbocycles. The monoisotopic (exact) mass is 369 g/mol. The summed E-state index contributed by atoms with van der Waals surface area (Å²) >= 11 is 0. The summed E-state index contributed by atoms with van der Waals surface area (Å²) in [4.78, 5) is 26.1. The largest absolute Gasteiger partial charge is 0.459 e. The van der Waals surface area contributed by atoms with Crippen molar-refractivity contribution in [1.29, 1.82) is 0 Å². The van der Waals surface area contributed by atoms with E-state index in [2.05, 4.69) is 0 Å².